The lowest BCUT2D eigenvalue weighted by Crippen LogP contribution is -2.35. The highest BCUT2D eigenvalue weighted by Gasteiger charge is 2.25. The molecule has 6 nitrogen and oxygen atoms in total. The Morgan fingerprint density at radius 3 is 2.53 bits per heavy atom. The van der Waals surface area contributed by atoms with Gasteiger partial charge in [0.05, 0.1) is 22.3 Å². The van der Waals surface area contributed by atoms with E-state index in [1.165, 1.54) is 30.3 Å². The van der Waals surface area contributed by atoms with Gasteiger partial charge in [0, 0.05) is 17.2 Å². The summed E-state index contributed by atoms with van der Waals surface area (Å²) >= 11 is 5.44. The number of nitrogens with two attached hydrogens (primary N) is 1. The third-order valence-electron chi connectivity index (χ3n) is 4.87. The van der Waals surface area contributed by atoms with Crippen molar-refractivity contribution < 1.29 is 17.2 Å². The Hall–Kier alpha value is -2.65. The van der Waals surface area contributed by atoms with Gasteiger partial charge in [-0.3, -0.25) is 0 Å². The first-order chi connectivity index (χ1) is 14.0. The number of anilines is 2. The quantitative estimate of drug-likeness (QED) is 0.388. The molecule has 1 aromatic heterocycles. The molecule has 0 radical (unpaired) electrons. The highest BCUT2D eigenvalue weighted by atomic mass is 32.2. The molecular formula is C21H24FN3O3S2. The molecule has 0 unspecified atom stereocenters. The number of hydrogen-bond donors (Lipinski definition) is 3. The Morgan fingerprint density at radius 1 is 1.20 bits per heavy atom. The molecule has 0 bridgehead atoms. The van der Waals surface area contributed by atoms with E-state index in [4.69, 9.17) is 22.4 Å². The third kappa shape index (κ3) is 4.57. The monoisotopic (exact) mass is 449 g/mol. The molecule has 0 aliphatic heterocycles. The highest BCUT2D eigenvalue weighted by Crippen LogP contribution is 2.33. The molecule has 0 saturated heterocycles. The summed E-state index contributed by atoms with van der Waals surface area (Å²) < 4.78 is 43.3. The smallest absolute Gasteiger partial charge is 0.175 e. The Kier molecular flexibility index (Phi) is 6.05. The molecule has 0 aliphatic carbocycles. The van der Waals surface area contributed by atoms with Crippen LogP contribution in [0.4, 0.5) is 15.8 Å². The van der Waals surface area contributed by atoms with Crippen LogP contribution in [-0.4, -0.2) is 19.8 Å². The fraction of sp³-hybridized carbons (Fsp3) is 0.286. The topological polar surface area (TPSA) is 97.4 Å². The SMILES string of the molecule is Cc1c([C@@H](NC(=S)Nc2cc(S(C)(=O)=O)ccc2N)C(C)C)oc2ccc(F)cc12. The standard InChI is InChI=1S/C21H24FN3O3S2/c1-11(2)19(20-12(3)15-9-13(22)5-8-18(15)28-20)25-21(29)24-17-10-14(30(4,26)27)6-7-16(17)23/h5-11,19H,23H2,1-4H3,(H2,24,25,29)/t19-/m0/s1. The van der Waals surface area contributed by atoms with Crippen LogP contribution in [0.5, 0.6) is 0 Å². The highest BCUT2D eigenvalue weighted by molar-refractivity contribution is 7.90. The van der Waals surface area contributed by atoms with E-state index in [1.807, 2.05) is 20.8 Å². The molecule has 4 N–H and O–H groups in total. The summed E-state index contributed by atoms with van der Waals surface area (Å²) in [7, 11) is -3.39. The van der Waals surface area contributed by atoms with Gasteiger partial charge in [0.1, 0.15) is 17.2 Å². The van der Waals surface area contributed by atoms with Gasteiger partial charge >= 0.3 is 0 Å². The predicted molar refractivity (Wildman–Crippen MR) is 122 cm³/mol. The first kappa shape index (κ1) is 22.0. The van der Waals surface area contributed by atoms with Crippen molar-refractivity contribution >= 4 is 49.5 Å². The van der Waals surface area contributed by atoms with Gasteiger partial charge in [0.25, 0.3) is 0 Å². The first-order valence-electron chi connectivity index (χ1n) is 9.33. The molecular weight excluding hydrogens is 425 g/mol. The predicted octanol–water partition coefficient (Wildman–Crippen LogP) is 4.55. The Balaban J connectivity index is 1.88. The second kappa shape index (κ2) is 8.23. The maximum absolute atomic E-state index is 13.6. The number of rotatable bonds is 5. The van der Waals surface area contributed by atoms with Crippen molar-refractivity contribution in [2.24, 2.45) is 5.92 Å². The number of fused-ring (bicyclic) bond motifs is 1. The van der Waals surface area contributed by atoms with E-state index in [2.05, 4.69) is 10.6 Å². The van der Waals surface area contributed by atoms with Crippen molar-refractivity contribution in [3.8, 4) is 0 Å². The molecule has 0 aliphatic rings. The van der Waals surface area contributed by atoms with Crippen LogP contribution in [0, 0.1) is 18.7 Å². The van der Waals surface area contributed by atoms with Gasteiger partial charge in [-0.05, 0) is 61.5 Å². The van der Waals surface area contributed by atoms with E-state index in [0.717, 1.165) is 11.8 Å². The molecule has 1 heterocycles. The number of nitrogen functional groups attached to an aromatic ring is 1. The summed E-state index contributed by atoms with van der Waals surface area (Å²) in [4.78, 5) is 0.137. The Labute approximate surface area is 180 Å². The zero-order chi connectivity index (χ0) is 22.2. The number of nitrogens with one attached hydrogen (secondary N) is 2. The number of sulfone groups is 1. The van der Waals surface area contributed by atoms with Crippen molar-refractivity contribution in [3.63, 3.8) is 0 Å². The summed E-state index contributed by atoms with van der Waals surface area (Å²) in [6.45, 7) is 5.89. The molecule has 30 heavy (non-hydrogen) atoms. The molecule has 0 amide bonds. The Morgan fingerprint density at radius 2 is 1.90 bits per heavy atom. The van der Waals surface area contributed by atoms with Gasteiger partial charge in [-0.2, -0.15) is 0 Å². The van der Waals surface area contributed by atoms with Crippen molar-refractivity contribution in [3.05, 3.63) is 53.5 Å². The van der Waals surface area contributed by atoms with Crippen LogP contribution < -0.4 is 16.4 Å². The molecule has 0 saturated carbocycles. The van der Waals surface area contributed by atoms with E-state index in [9.17, 15) is 12.8 Å². The van der Waals surface area contributed by atoms with Crippen molar-refractivity contribution in [2.75, 3.05) is 17.3 Å². The van der Waals surface area contributed by atoms with Crippen LogP contribution in [-0.2, 0) is 9.84 Å². The number of benzene rings is 2. The molecule has 0 fully saturated rings. The number of thiocarbonyl (C=S) groups is 1. The third-order valence-corrected chi connectivity index (χ3v) is 6.20. The summed E-state index contributed by atoms with van der Waals surface area (Å²) in [5.41, 5.74) is 8.16. The van der Waals surface area contributed by atoms with E-state index in [1.54, 1.807) is 6.07 Å². The average molecular weight is 450 g/mol. The van der Waals surface area contributed by atoms with Gasteiger partial charge < -0.3 is 20.8 Å². The van der Waals surface area contributed by atoms with Crippen LogP contribution >= 0.6 is 12.2 Å². The lowest BCUT2D eigenvalue weighted by molar-refractivity contribution is 0.388. The number of hydrogen-bond acceptors (Lipinski definition) is 5. The second-order valence-corrected chi connectivity index (χ2v) is 10.00. The molecule has 1 atom stereocenters. The fourth-order valence-corrected chi connectivity index (χ4v) is 4.10. The zero-order valence-corrected chi connectivity index (χ0v) is 18.7. The normalized spacial score (nSPS) is 12.9. The van der Waals surface area contributed by atoms with Gasteiger partial charge in [0.15, 0.2) is 14.9 Å². The number of furan rings is 1. The minimum absolute atomic E-state index is 0.0913. The van der Waals surface area contributed by atoms with Crippen LogP contribution in [0.3, 0.4) is 0 Å². The van der Waals surface area contributed by atoms with Crippen LogP contribution in [0.2, 0.25) is 0 Å². The minimum Gasteiger partial charge on any atom is -0.459 e. The van der Waals surface area contributed by atoms with E-state index in [0.29, 0.717) is 28.1 Å². The maximum Gasteiger partial charge on any atom is 0.175 e. The molecule has 0 spiro atoms. The summed E-state index contributed by atoms with van der Waals surface area (Å²) in [5.74, 6) is 0.423. The lowest BCUT2D eigenvalue weighted by Gasteiger charge is -2.23. The van der Waals surface area contributed by atoms with Gasteiger partial charge in [-0.15, -0.1) is 0 Å². The molecule has 3 rings (SSSR count). The fourth-order valence-electron chi connectivity index (χ4n) is 3.22. The van der Waals surface area contributed by atoms with Crippen molar-refractivity contribution in [1.82, 2.24) is 5.32 Å². The number of halogens is 1. The van der Waals surface area contributed by atoms with Gasteiger partial charge in [0.2, 0.25) is 0 Å². The van der Waals surface area contributed by atoms with Crippen LogP contribution in [0.1, 0.15) is 31.2 Å². The van der Waals surface area contributed by atoms with E-state index in [-0.39, 0.29) is 27.8 Å². The molecule has 3 aromatic rings. The summed E-state index contributed by atoms with van der Waals surface area (Å²) in [6.07, 6.45) is 1.13. The van der Waals surface area contributed by atoms with Crippen LogP contribution in [0.15, 0.2) is 45.7 Å². The minimum atomic E-state index is -3.39. The molecule has 9 heteroatoms. The second-order valence-electron chi connectivity index (χ2n) is 7.57. The van der Waals surface area contributed by atoms with E-state index < -0.39 is 9.84 Å². The zero-order valence-electron chi connectivity index (χ0n) is 17.1. The maximum atomic E-state index is 13.6. The van der Waals surface area contributed by atoms with Crippen LogP contribution in [0.25, 0.3) is 11.0 Å². The van der Waals surface area contributed by atoms with E-state index >= 15 is 0 Å². The number of aryl methyl sites for hydroxylation is 1. The van der Waals surface area contributed by atoms with Crippen molar-refractivity contribution in [2.45, 2.75) is 31.7 Å². The molecule has 2 aromatic carbocycles. The first-order valence-corrected chi connectivity index (χ1v) is 11.6. The molecule has 160 valence electrons. The average Bonchev–Trinajstić information content (AvgIpc) is 2.96. The van der Waals surface area contributed by atoms with Crippen molar-refractivity contribution in [1.29, 1.82) is 0 Å². The largest absolute Gasteiger partial charge is 0.459 e. The summed E-state index contributed by atoms with van der Waals surface area (Å²) in [5, 5.41) is 7.15. The lowest BCUT2D eigenvalue weighted by atomic mass is 9.98. The van der Waals surface area contributed by atoms with Gasteiger partial charge in [-0.1, -0.05) is 13.8 Å². The summed E-state index contributed by atoms with van der Waals surface area (Å²) in [6, 6.07) is 8.52. The Bertz CT molecular complexity index is 1220. The van der Waals surface area contributed by atoms with Gasteiger partial charge in [-0.25, -0.2) is 12.8 Å².